The molecule has 0 saturated carbocycles. The number of hydrogen-bond donors (Lipinski definition) is 1. The van der Waals surface area contributed by atoms with E-state index in [2.05, 4.69) is 6.07 Å². The highest BCUT2D eigenvalue weighted by molar-refractivity contribution is 5.74. The summed E-state index contributed by atoms with van der Waals surface area (Å²) in [5.74, 6) is -0.773. The van der Waals surface area contributed by atoms with Crippen LogP contribution >= 0.6 is 0 Å². The molecular formula is C13H19NO2. The molecule has 0 unspecified atom stereocenters. The Morgan fingerprint density at radius 3 is 2.44 bits per heavy atom. The molecule has 0 fully saturated rings. The van der Waals surface area contributed by atoms with Crippen LogP contribution in [0.15, 0.2) is 18.2 Å². The molecule has 0 aliphatic rings. The predicted molar refractivity (Wildman–Crippen MR) is 64.7 cm³/mol. The van der Waals surface area contributed by atoms with Crippen LogP contribution in [0.5, 0.6) is 0 Å². The maximum absolute atomic E-state index is 11.1. The summed E-state index contributed by atoms with van der Waals surface area (Å²) in [5.41, 5.74) is 3.47. The molecule has 1 aromatic carbocycles. The molecule has 0 amide bonds. The second kappa shape index (κ2) is 5.12. The van der Waals surface area contributed by atoms with Crippen molar-refractivity contribution in [3.63, 3.8) is 0 Å². The van der Waals surface area contributed by atoms with E-state index in [1.54, 1.807) is 19.0 Å². The maximum atomic E-state index is 11.1. The quantitative estimate of drug-likeness (QED) is 0.843. The summed E-state index contributed by atoms with van der Waals surface area (Å²) in [5, 5.41) is 9.11. The molecule has 1 atom stereocenters. The van der Waals surface area contributed by atoms with E-state index in [0.29, 0.717) is 6.42 Å². The van der Waals surface area contributed by atoms with Crippen LogP contribution in [0, 0.1) is 13.8 Å². The van der Waals surface area contributed by atoms with Gasteiger partial charge in [0, 0.05) is 0 Å². The molecule has 1 aromatic rings. The van der Waals surface area contributed by atoms with Gasteiger partial charge < -0.3 is 5.11 Å². The van der Waals surface area contributed by atoms with E-state index < -0.39 is 12.0 Å². The third-order valence-corrected chi connectivity index (χ3v) is 2.82. The van der Waals surface area contributed by atoms with E-state index in [1.807, 2.05) is 26.0 Å². The summed E-state index contributed by atoms with van der Waals surface area (Å²) in [6.07, 6.45) is 0.550. The molecule has 3 nitrogen and oxygen atoms in total. The summed E-state index contributed by atoms with van der Waals surface area (Å²) >= 11 is 0. The van der Waals surface area contributed by atoms with Crippen molar-refractivity contribution in [1.29, 1.82) is 0 Å². The lowest BCUT2D eigenvalue weighted by atomic mass is 9.99. The van der Waals surface area contributed by atoms with Gasteiger partial charge in [-0.3, -0.25) is 9.69 Å². The predicted octanol–water partition coefficient (Wildman–Crippen LogP) is 1.86. The number of aliphatic carboxylic acids is 1. The summed E-state index contributed by atoms with van der Waals surface area (Å²) in [4.78, 5) is 12.8. The van der Waals surface area contributed by atoms with Gasteiger partial charge in [0.2, 0.25) is 0 Å². The second-order valence-electron chi connectivity index (χ2n) is 4.45. The van der Waals surface area contributed by atoms with Crippen molar-refractivity contribution in [1.82, 2.24) is 4.90 Å². The Hall–Kier alpha value is -1.35. The molecule has 0 aromatic heterocycles. The fourth-order valence-electron chi connectivity index (χ4n) is 1.77. The van der Waals surface area contributed by atoms with E-state index in [-0.39, 0.29) is 0 Å². The van der Waals surface area contributed by atoms with Gasteiger partial charge >= 0.3 is 5.97 Å². The first-order chi connectivity index (χ1) is 7.41. The van der Waals surface area contributed by atoms with E-state index in [4.69, 9.17) is 5.11 Å². The van der Waals surface area contributed by atoms with Crippen molar-refractivity contribution in [2.45, 2.75) is 26.3 Å². The zero-order chi connectivity index (χ0) is 12.3. The standard InChI is InChI=1S/C13H19NO2/c1-9-5-6-11(10(2)7-9)8-12(13(15)16)14(3)4/h5-7,12H,8H2,1-4H3,(H,15,16)/t12-/m0/s1. The average Bonchev–Trinajstić information content (AvgIpc) is 2.15. The van der Waals surface area contributed by atoms with Crippen LogP contribution < -0.4 is 0 Å². The fourth-order valence-corrected chi connectivity index (χ4v) is 1.77. The number of carbonyl (C=O) groups is 1. The number of likely N-dealkylation sites (N-methyl/N-ethyl adjacent to an activating group) is 1. The molecule has 3 heteroatoms. The highest BCUT2D eigenvalue weighted by atomic mass is 16.4. The molecule has 1 N–H and O–H groups in total. The Morgan fingerprint density at radius 1 is 1.38 bits per heavy atom. The summed E-state index contributed by atoms with van der Waals surface area (Å²) < 4.78 is 0. The van der Waals surface area contributed by atoms with Gasteiger partial charge in [-0.25, -0.2) is 0 Å². The van der Waals surface area contributed by atoms with Crippen LogP contribution in [-0.4, -0.2) is 36.1 Å². The van der Waals surface area contributed by atoms with Crippen LogP contribution in [0.25, 0.3) is 0 Å². The van der Waals surface area contributed by atoms with Crippen molar-refractivity contribution < 1.29 is 9.90 Å². The number of benzene rings is 1. The Balaban J connectivity index is 2.90. The van der Waals surface area contributed by atoms with Gasteiger partial charge in [-0.2, -0.15) is 0 Å². The highest BCUT2D eigenvalue weighted by Gasteiger charge is 2.20. The lowest BCUT2D eigenvalue weighted by molar-refractivity contribution is -0.142. The average molecular weight is 221 g/mol. The maximum Gasteiger partial charge on any atom is 0.321 e. The molecule has 0 saturated heterocycles. The van der Waals surface area contributed by atoms with E-state index in [1.165, 1.54) is 5.56 Å². The molecule has 0 radical (unpaired) electrons. The zero-order valence-corrected chi connectivity index (χ0v) is 10.3. The number of carboxylic acid groups (broad SMARTS) is 1. The van der Waals surface area contributed by atoms with E-state index >= 15 is 0 Å². The van der Waals surface area contributed by atoms with Gasteiger partial charge in [-0.05, 0) is 45.5 Å². The van der Waals surface area contributed by atoms with Crippen LogP contribution in [0.4, 0.5) is 0 Å². The Kier molecular flexibility index (Phi) is 4.07. The minimum Gasteiger partial charge on any atom is -0.480 e. The Morgan fingerprint density at radius 2 is 2.00 bits per heavy atom. The first kappa shape index (κ1) is 12.7. The van der Waals surface area contributed by atoms with Crippen LogP contribution in [0.1, 0.15) is 16.7 Å². The number of rotatable bonds is 4. The van der Waals surface area contributed by atoms with Crippen molar-refractivity contribution in [2.24, 2.45) is 0 Å². The third kappa shape index (κ3) is 3.07. The van der Waals surface area contributed by atoms with Crippen molar-refractivity contribution >= 4 is 5.97 Å². The molecule has 0 bridgehead atoms. The smallest absolute Gasteiger partial charge is 0.321 e. The van der Waals surface area contributed by atoms with Crippen molar-refractivity contribution in [2.75, 3.05) is 14.1 Å². The van der Waals surface area contributed by atoms with Crippen LogP contribution in [-0.2, 0) is 11.2 Å². The summed E-state index contributed by atoms with van der Waals surface area (Å²) in [6.45, 7) is 4.06. The number of carboxylic acids is 1. The summed E-state index contributed by atoms with van der Waals surface area (Å²) in [7, 11) is 3.59. The van der Waals surface area contributed by atoms with Gasteiger partial charge in [-0.1, -0.05) is 23.8 Å². The minimum atomic E-state index is -0.773. The number of nitrogens with zero attached hydrogens (tertiary/aromatic N) is 1. The molecule has 0 aliphatic carbocycles. The van der Waals surface area contributed by atoms with Crippen molar-refractivity contribution in [3.05, 3.63) is 34.9 Å². The van der Waals surface area contributed by atoms with Gasteiger partial charge in [0.25, 0.3) is 0 Å². The lowest BCUT2D eigenvalue weighted by Gasteiger charge is -2.20. The molecule has 0 heterocycles. The monoisotopic (exact) mass is 221 g/mol. The molecule has 16 heavy (non-hydrogen) atoms. The van der Waals surface area contributed by atoms with Gasteiger partial charge in [-0.15, -0.1) is 0 Å². The summed E-state index contributed by atoms with van der Waals surface area (Å²) in [6, 6.07) is 5.67. The first-order valence-corrected chi connectivity index (χ1v) is 5.37. The van der Waals surface area contributed by atoms with Crippen LogP contribution in [0.2, 0.25) is 0 Å². The molecular weight excluding hydrogens is 202 g/mol. The third-order valence-electron chi connectivity index (χ3n) is 2.82. The molecule has 88 valence electrons. The largest absolute Gasteiger partial charge is 0.480 e. The normalized spacial score (nSPS) is 12.8. The highest BCUT2D eigenvalue weighted by Crippen LogP contribution is 2.14. The second-order valence-corrected chi connectivity index (χ2v) is 4.45. The number of aryl methyl sites for hydroxylation is 2. The molecule has 0 aliphatic heterocycles. The SMILES string of the molecule is Cc1ccc(C[C@@H](C(=O)O)N(C)C)c(C)c1. The van der Waals surface area contributed by atoms with Gasteiger partial charge in [0.05, 0.1) is 0 Å². The Bertz CT molecular complexity index is 386. The van der Waals surface area contributed by atoms with Gasteiger partial charge in [0.15, 0.2) is 0 Å². The fraction of sp³-hybridized carbons (Fsp3) is 0.462. The minimum absolute atomic E-state index is 0.457. The van der Waals surface area contributed by atoms with Crippen LogP contribution in [0.3, 0.4) is 0 Å². The van der Waals surface area contributed by atoms with E-state index in [9.17, 15) is 4.79 Å². The zero-order valence-electron chi connectivity index (χ0n) is 10.3. The van der Waals surface area contributed by atoms with E-state index in [0.717, 1.165) is 11.1 Å². The lowest BCUT2D eigenvalue weighted by Crippen LogP contribution is -2.37. The van der Waals surface area contributed by atoms with Crippen molar-refractivity contribution in [3.8, 4) is 0 Å². The number of hydrogen-bond acceptors (Lipinski definition) is 2. The molecule has 1 rings (SSSR count). The van der Waals surface area contributed by atoms with Gasteiger partial charge in [0.1, 0.15) is 6.04 Å². The Labute approximate surface area is 96.7 Å². The topological polar surface area (TPSA) is 40.5 Å². The molecule has 0 spiro atoms. The first-order valence-electron chi connectivity index (χ1n) is 5.37.